The van der Waals surface area contributed by atoms with Gasteiger partial charge in [0.1, 0.15) is 11.5 Å². The summed E-state index contributed by atoms with van der Waals surface area (Å²) in [6, 6.07) is 0. The van der Waals surface area contributed by atoms with E-state index in [0.717, 1.165) is 6.54 Å². The van der Waals surface area contributed by atoms with E-state index in [9.17, 15) is 4.79 Å². The smallest absolute Gasteiger partial charge is 0.271 e. The molecule has 5 nitrogen and oxygen atoms in total. The predicted molar refractivity (Wildman–Crippen MR) is 79.6 cm³/mol. The lowest BCUT2D eigenvalue weighted by Crippen LogP contribution is -2.28. The molecule has 1 aliphatic carbocycles. The summed E-state index contributed by atoms with van der Waals surface area (Å²) in [5.74, 6) is 0.979. The molecule has 0 aromatic carbocycles. The van der Waals surface area contributed by atoms with Crippen molar-refractivity contribution in [1.82, 2.24) is 15.3 Å². The van der Waals surface area contributed by atoms with Crippen LogP contribution in [0.2, 0.25) is 0 Å². The summed E-state index contributed by atoms with van der Waals surface area (Å²) in [6.45, 7) is 12.4. The van der Waals surface area contributed by atoms with Crippen molar-refractivity contribution >= 4 is 11.7 Å². The van der Waals surface area contributed by atoms with E-state index >= 15 is 0 Å². The van der Waals surface area contributed by atoms with E-state index in [2.05, 4.69) is 48.3 Å². The van der Waals surface area contributed by atoms with Crippen LogP contribution in [0.15, 0.2) is 12.4 Å². The fourth-order valence-electron chi connectivity index (χ4n) is 2.87. The summed E-state index contributed by atoms with van der Waals surface area (Å²) in [5.41, 5.74) is 0.912. The molecule has 1 fully saturated rings. The number of hydrogen-bond donors (Lipinski definition) is 2. The van der Waals surface area contributed by atoms with Crippen molar-refractivity contribution in [3.63, 3.8) is 0 Å². The van der Waals surface area contributed by atoms with Crippen LogP contribution in [0.25, 0.3) is 0 Å². The molecule has 0 spiro atoms. The minimum absolute atomic E-state index is 0.157. The molecule has 0 unspecified atom stereocenters. The maximum Gasteiger partial charge on any atom is 0.271 e. The van der Waals surface area contributed by atoms with Gasteiger partial charge in [-0.05, 0) is 23.7 Å². The number of carbonyl (C=O) groups excluding carboxylic acids is 1. The van der Waals surface area contributed by atoms with Crippen LogP contribution in [0.4, 0.5) is 5.82 Å². The second-order valence-electron chi connectivity index (χ2n) is 6.53. The van der Waals surface area contributed by atoms with Crippen molar-refractivity contribution in [3.8, 4) is 0 Å². The van der Waals surface area contributed by atoms with Crippen LogP contribution in [0.1, 0.15) is 45.1 Å². The second kappa shape index (κ2) is 5.04. The first-order valence-electron chi connectivity index (χ1n) is 7.14. The number of amides is 1. The minimum Gasteiger partial charge on any atom is -0.369 e. The van der Waals surface area contributed by atoms with Crippen LogP contribution in [0.3, 0.4) is 0 Å². The molecule has 1 heterocycles. The van der Waals surface area contributed by atoms with Crippen molar-refractivity contribution < 1.29 is 4.79 Å². The zero-order valence-corrected chi connectivity index (χ0v) is 12.9. The summed E-state index contributed by atoms with van der Waals surface area (Å²) >= 11 is 0. The van der Waals surface area contributed by atoms with Crippen LogP contribution in [0.5, 0.6) is 0 Å². The topological polar surface area (TPSA) is 66.9 Å². The maximum atomic E-state index is 12.1. The standard InChI is InChI=1S/C15H24N4O/c1-6-17-12-9-16-7-10(19-12)13(20)18-8-11-14(2,3)15(11,4)5/h7,9,11H,6,8H2,1-5H3,(H,17,19)(H,18,20). The Bertz CT molecular complexity index is 496. The van der Waals surface area contributed by atoms with E-state index in [1.165, 1.54) is 6.20 Å². The summed E-state index contributed by atoms with van der Waals surface area (Å²) in [7, 11) is 0. The van der Waals surface area contributed by atoms with Crippen molar-refractivity contribution in [2.45, 2.75) is 34.6 Å². The molecule has 1 aliphatic rings. The van der Waals surface area contributed by atoms with Gasteiger partial charge < -0.3 is 10.6 Å². The van der Waals surface area contributed by atoms with Gasteiger partial charge in [-0.25, -0.2) is 4.98 Å². The minimum atomic E-state index is -0.157. The van der Waals surface area contributed by atoms with E-state index in [4.69, 9.17) is 0 Å². The molecule has 0 aliphatic heterocycles. The quantitative estimate of drug-likeness (QED) is 0.866. The predicted octanol–water partition coefficient (Wildman–Crippen LogP) is 2.32. The van der Waals surface area contributed by atoms with E-state index in [0.29, 0.717) is 24.0 Å². The lowest BCUT2D eigenvalue weighted by Gasteiger charge is -2.07. The molecular formula is C15H24N4O. The molecule has 110 valence electrons. The summed E-state index contributed by atoms with van der Waals surface area (Å²) < 4.78 is 0. The number of carbonyl (C=O) groups is 1. The molecule has 1 saturated carbocycles. The molecule has 2 N–H and O–H groups in total. The average molecular weight is 276 g/mol. The highest BCUT2D eigenvalue weighted by atomic mass is 16.1. The van der Waals surface area contributed by atoms with Crippen molar-refractivity contribution in [1.29, 1.82) is 0 Å². The Morgan fingerprint density at radius 2 is 1.90 bits per heavy atom. The third-order valence-electron chi connectivity index (χ3n) is 5.01. The number of aromatic nitrogens is 2. The van der Waals surface area contributed by atoms with Crippen LogP contribution >= 0.6 is 0 Å². The first-order valence-corrected chi connectivity index (χ1v) is 7.14. The molecule has 1 aromatic heterocycles. The third-order valence-corrected chi connectivity index (χ3v) is 5.01. The highest BCUT2D eigenvalue weighted by molar-refractivity contribution is 5.92. The molecular weight excluding hydrogens is 252 g/mol. The molecule has 0 bridgehead atoms. The molecule has 0 atom stereocenters. The molecule has 0 saturated heterocycles. The lowest BCUT2D eigenvalue weighted by molar-refractivity contribution is 0.0944. The van der Waals surface area contributed by atoms with Crippen LogP contribution in [0, 0.1) is 16.7 Å². The second-order valence-corrected chi connectivity index (χ2v) is 6.53. The van der Waals surface area contributed by atoms with Gasteiger partial charge in [0.05, 0.1) is 12.4 Å². The molecule has 1 amide bonds. The Hall–Kier alpha value is -1.65. The molecule has 20 heavy (non-hydrogen) atoms. The van der Waals surface area contributed by atoms with Crippen molar-refractivity contribution in [2.75, 3.05) is 18.4 Å². The highest BCUT2D eigenvalue weighted by Crippen LogP contribution is 2.67. The Morgan fingerprint density at radius 1 is 1.25 bits per heavy atom. The zero-order valence-electron chi connectivity index (χ0n) is 12.9. The first-order chi connectivity index (χ1) is 9.30. The lowest BCUT2D eigenvalue weighted by atomic mass is 10.0. The molecule has 5 heteroatoms. The van der Waals surface area contributed by atoms with Gasteiger partial charge in [0.25, 0.3) is 5.91 Å². The molecule has 2 rings (SSSR count). The van der Waals surface area contributed by atoms with Crippen molar-refractivity contribution in [3.05, 3.63) is 18.1 Å². The van der Waals surface area contributed by atoms with Crippen LogP contribution < -0.4 is 10.6 Å². The Morgan fingerprint density at radius 3 is 2.45 bits per heavy atom. The highest BCUT2D eigenvalue weighted by Gasteiger charge is 2.64. The van der Waals surface area contributed by atoms with Crippen molar-refractivity contribution in [2.24, 2.45) is 16.7 Å². The fraction of sp³-hybridized carbons (Fsp3) is 0.667. The largest absolute Gasteiger partial charge is 0.369 e. The zero-order chi connectivity index (χ0) is 15.0. The summed E-state index contributed by atoms with van der Waals surface area (Å²) in [5, 5.41) is 6.02. The number of hydrogen-bond acceptors (Lipinski definition) is 4. The third kappa shape index (κ3) is 2.49. The Balaban J connectivity index is 1.95. The van der Waals surface area contributed by atoms with Gasteiger partial charge in [0.15, 0.2) is 0 Å². The van der Waals surface area contributed by atoms with E-state index < -0.39 is 0 Å². The van der Waals surface area contributed by atoms with Gasteiger partial charge in [0, 0.05) is 13.1 Å². The maximum absolute atomic E-state index is 12.1. The van der Waals surface area contributed by atoms with Crippen LogP contribution in [-0.2, 0) is 0 Å². The van der Waals surface area contributed by atoms with Gasteiger partial charge in [-0.2, -0.15) is 0 Å². The van der Waals surface area contributed by atoms with E-state index in [1.54, 1.807) is 6.20 Å². The van der Waals surface area contributed by atoms with Crippen LogP contribution in [-0.4, -0.2) is 29.0 Å². The molecule has 0 radical (unpaired) electrons. The van der Waals surface area contributed by atoms with Gasteiger partial charge in [0.2, 0.25) is 0 Å². The average Bonchev–Trinajstić information content (AvgIpc) is 2.77. The fourth-order valence-corrected chi connectivity index (χ4v) is 2.87. The summed E-state index contributed by atoms with van der Waals surface area (Å²) in [6.07, 6.45) is 3.12. The first kappa shape index (κ1) is 14.8. The van der Waals surface area contributed by atoms with Gasteiger partial charge in [-0.1, -0.05) is 27.7 Å². The number of nitrogens with zero attached hydrogens (tertiary/aromatic N) is 2. The Kier molecular flexibility index (Phi) is 3.71. The number of anilines is 1. The van der Waals surface area contributed by atoms with E-state index in [-0.39, 0.29) is 16.7 Å². The normalized spacial score (nSPS) is 19.4. The molecule has 1 aromatic rings. The number of rotatable bonds is 5. The SMILES string of the molecule is CCNc1cncc(C(=O)NCC2C(C)(C)C2(C)C)n1. The van der Waals surface area contributed by atoms with Gasteiger partial charge >= 0.3 is 0 Å². The van der Waals surface area contributed by atoms with Gasteiger partial charge in [-0.3, -0.25) is 9.78 Å². The number of nitrogens with one attached hydrogen (secondary N) is 2. The van der Waals surface area contributed by atoms with E-state index in [1.807, 2.05) is 6.92 Å². The monoisotopic (exact) mass is 276 g/mol. The summed E-state index contributed by atoms with van der Waals surface area (Å²) in [4.78, 5) is 20.4. The Labute approximate surface area is 120 Å². The van der Waals surface area contributed by atoms with Gasteiger partial charge in [-0.15, -0.1) is 0 Å².